The zero-order valence-electron chi connectivity index (χ0n) is 16.0. The van der Waals surface area contributed by atoms with Crippen LogP contribution in [0.25, 0.3) is 11.3 Å². The van der Waals surface area contributed by atoms with Crippen molar-refractivity contribution in [3.8, 4) is 17.0 Å². The summed E-state index contributed by atoms with van der Waals surface area (Å²) in [5, 5.41) is 11.0. The number of likely N-dealkylation sites (tertiary alicyclic amines) is 1. The van der Waals surface area contributed by atoms with Crippen molar-refractivity contribution in [3.63, 3.8) is 0 Å². The summed E-state index contributed by atoms with van der Waals surface area (Å²) in [6, 6.07) is 5.27. The van der Waals surface area contributed by atoms with E-state index in [0.29, 0.717) is 23.0 Å². The molecule has 1 aliphatic rings. The van der Waals surface area contributed by atoms with E-state index >= 15 is 0 Å². The molecule has 1 aromatic heterocycles. The SMILES string of the molecule is COc1ccc(-c2cn(CC(=O)NC3CCN(C(C)C)CC3)nn2)c(F)c1. The van der Waals surface area contributed by atoms with Gasteiger partial charge in [-0.15, -0.1) is 5.10 Å². The number of halogens is 1. The van der Waals surface area contributed by atoms with Gasteiger partial charge < -0.3 is 15.0 Å². The van der Waals surface area contributed by atoms with Crippen molar-refractivity contribution < 1.29 is 13.9 Å². The number of hydrogen-bond donors (Lipinski definition) is 1. The lowest BCUT2D eigenvalue weighted by Crippen LogP contribution is -2.47. The van der Waals surface area contributed by atoms with E-state index in [4.69, 9.17) is 4.74 Å². The molecule has 1 amide bonds. The Morgan fingerprint density at radius 2 is 2.11 bits per heavy atom. The molecule has 1 aliphatic heterocycles. The molecule has 0 atom stereocenters. The van der Waals surface area contributed by atoms with E-state index in [-0.39, 0.29) is 18.5 Å². The lowest BCUT2D eigenvalue weighted by atomic mass is 10.0. The number of piperidine rings is 1. The van der Waals surface area contributed by atoms with Gasteiger partial charge in [0.15, 0.2) is 0 Å². The molecule has 7 nitrogen and oxygen atoms in total. The molecule has 0 radical (unpaired) electrons. The molecule has 0 bridgehead atoms. The molecule has 2 aromatic rings. The molecular weight excluding hydrogens is 349 g/mol. The molecule has 1 saturated heterocycles. The van der Waals surface area contributed by atoms with Crippen LogP contribution >= 0.6 is 0 Å². The highest BCUT2D eigenvalue weighted by atomic mass is 19.1. The van der Waals surface area contributed by atoms with Gasteiger partial charge in [0.25, 0.3) is 0 Å². The van der Waals surface area contributed by atoms with Crippen LogP contribution in [0.5, 0.6) is 5.75 Å². The molecule has 3 rings (SSSR count). The summed E-state index contributed by atoms with van der Waals surface area (Å²) in [5.74, 6) is -0.112. The first kappa shape index (κ1) is 19.3. The normalized spacial score (nSPS) is 15.9. The predicted octanol–water partition coefficient (Wildman–Crippen LogP) is 2.08. The highest BCUT2D eigenvalue weighted by Crippen LogP contribution is 2.24. The molecule has 2 heterocycles. The van der Waals surface area contributed by atoms with Crippen molar-refractivity contribution in [3.05, 3.63) is 30.2 Å². The van der Waals surface area contributed by atoms with Crippen LogP contribution in [0.2, 0.25) is 0 Å². The highest BCUT2D eigenvalue weighted by molar-refractivity contribution is 5.76. The fraction of sp³-hybridized carbons (Fsp3) is 0.526. The summed E-state index contributed by atoms with van der Waals surface area (Å²) in [5.41, 5.74) is 0.705. The molecule has 27 heavy (non-hydrogen) atoms. The molecule has 1 aromatic carbocycles. The van der Waals surface area contributed by atoms with Gasteiger partial charge in [0.2, 0.25) is 5.91 Å². The Bertz CT molecular complexity index is 784. The summed E-state index contributed by atoms with van der Waals surface area (Å²) in [6.45, 7) is 6.43. The van der Waals surface area contributed by atoms with E-state index in [9.17, 15) is 9.18 Å². The second kappa shape index (κ2) is 8.47. The molecule has 1 fully saturated rings. The van der Waals surface area contributed by atoms with Crippen molar-refractivity contribution in [2.24, 2.45) is 0 Å². The average molecular weight is 375 g/mol. The average Bonchev–Trinajstić information content (AvgIpc) is 3.09. The zero-order valence-corrected chi connectivity index (χ0v) is 16.0. The molecule has 0 saturated carbocycles. The van der Waals surface area contributed by atoms with Gasteiger partial charge in [-0.05, 0) is 38.8 Å². The van der Waals surface area contributed by atoms with Gasteiger partial charge in [0, 0.05) is 36.8 Å². The minimum absolute atomic E-state index is 0.0647. The van der Waals surface area contributed by atoms with E-state index in [1.165, 1.54) is 17.9 Å². The number of carbonyl (C=O) groups excluding carboxylic acids is 1. The van der Waals surface area contributed by atoms with Crippen LogP contribution in [0, 0.1) is 5.82 Å². The van der Waals surface area contributed by atoms with Crippen molar-refractivity contribution in [1.29, 1.82) is 0 Å². The number of ether oxygens (including phenoxy) is 1. The van der Waals surface area contributed by atoms with Crippen LogP contribution < -0.4 is 10.1 Å². The standard InChI is InChI=1S/C19H26FN5O2/c1-13(2)24-8-6-14(7-9-24)21-19(26)12-25-11-18(22-23-25)16-5-4-15(27-3)10-17(16)20/h4-5,10-11,13-14H,6-9,12H2,1-3H3,(H,21,26). The van der Waals surface area contributed by atoms with E-state index in [1.54, 1.807) is 18.3 Å². The molecule has 0 spiro atoms. The number of methoxy groups -OCH3 is 1. The maximum Gasteiger partial charge on any atom is 0.242 e. The summed E-state index contributed by atoms with van der Waals surface area (Å²) in [4.78, 5) is 14.7. The Labute approximate surface area is 158 Å². The third-order valence-electron chi connectivity index (χ3n) is 4.92. The van der Waals surface area contributed by atoms with Gasteiger partial charge in [0.1, 0.15) is 23.8 Å². The topological polar surface area (TPSA) is 72.3 Å². The number of aromatic nitrogens is 3. The van der Waals surface area contributed by atoms with Gasteiger partial charge in [-0.2, -0.15) is 0 Å². The third-order valence-corrected chi connectivity index (χ3v) is 4.92. The molecule has 0 aliphatic carbocycles. The monoisotopic (exact) mass is 375 g/mol. The predicted molar refractivity (Wildman–Crippen MR) is 99.8 cm³/mol. The summed E-state index contributed by atoms with van der Waals surface area (Å²) >= 11 is 0. The second-order valence-corrected chi connectivity index (χ2v) is 7.12. The lowest BCUT2D eigenvalue weighted by molar-refractivity contribution is -0.122. The van der Waals surface area contributed by atoms with Crippen LogP contribution in [0.4, 0.5) is 4.39 Å². The van der Waals surface area contributed by atoms with Crippen molar-refractivity contribution in [1.82, 2.24) is 25.2 Å². The van der Waals surface area contributed by atoms with E-state index < -0.39 is 5.82 Å². The zero-order chi connectivity index (χ0) is 19.4. The number of nitrogens with one attached hydrogen (secondary N) is 1. The maximum absolute atomic E-state index is 14.2. The molecule has 1 N–H and O–H groups in total. The molecule has 146 valence electrons. The van der Waals surface area contributed by atoms with Crippen molar-refractivity contribution in [2.45, 2.75) is 45.3 Å². The Morgan fingerprint density at radius 3 is 2.74 bits per heavy atom. The Balaban J connectivity index is 1.55. The highest BCUT2D eigenvalue weighted by Gasteiger charge is 2.22. The second-order valence-electron chi connectivity index (χ2n) is 7.12. The number of benzene rings is 1. The number of nitrogens with zero attached hydrogens (tertiary/aromatic N) is 4. The van der Waals surface area contributed by atoms with Crippen LogP contribution in [0.3, 0.4) is 0 Å². The van der Waals surface area contributed by atoms with Gasteiger partial charge in [0.05, 0.1) is 13.3 Å². The van der Waals surface area contributed by atoms with E-state index in [1.807, 2.05) is 0 Å². The first-order valence-electron chi connectivity index (χ1n) is 9.23. The largest absolute Gasteiger partial charge is 0.497 e. The van der Waals surface area contributed by atoms with E-state index in [2.05, 4.69) is 34.4 Å². The molecule has 0 unspecified atom stereocenters. The smallest absolute Gasteiger partial charge is 0.242 e. The Morgan fingerprint density at radius 1 is 1.37 bits per heavy atom. The van der Waals surface area contributed by atoms with Crippen LogP contribution in [0.1, 0.15) is 26.7 Å². The number of amides is 1. The first-order valence-corrected chi connectivity index (χ1v) is 9.23. The van der Waals surface area contributed by atoms with Gasteiger partial charge >= 0.3 is 0 Å². The summed E-state index contributed by atoms with van der Waals surface area (Å²) < 4.78 is 20.6. The van der Waals surface area contributed by atoms with E-state index in [0.717, 1.165) is 25.9 Å². The van der Waals surface area contributed by atoms with Crippen LogP contribution in [-0.4, -0.2) is 58.1 Å². The van der Waals surface area contributed by atoms with Crippen molar-refractivity contribution in [2.75, 3.05) is 20.2 Å². The number of carbonyl (C=O) groups is 1. The number of hydrogen-bond acceptors (Lipinski definition) is 5. The summed E-state index contributed by atoms with van der Waals surface area (Å²) in [7, 11) is 1.48. The summed E-state index contributed by atoms with van der Waals surface area (Å²) in [6.07, 6.45) is 3.47. The third kappa shape index (κ3) is 4.82. The molecular formula is C19H26FN5O2. The van der Waals surface area contributed by atoms with Gasteiger partial charge in [-0.25, -0.2) is 9.07 Å². The van der Waals surface area contributed by atoms with Gasteiger partial charge in [-0.3, -0.25) is 4.79 Å². The minimum atomic E-state index is -0.442. The lowest BCUT2D eigenvalue weighted by Gasteiger charge is -2.34. The fourth-order valence-electron chi connectivity index (χ4n) is 3.31. The van der Waals surface area contributed by atoms with Crippen LogP contribution in [-0.2, 0) is 11.3 Å². The maximum atomic E-state index is 14.2. The molecule has 8 heteroatoms. The number of rotatable bonds is 6. The fourth-order valence-corrected chi connectivity index (χ4v) is 3.31. The Hall–Kier alpha value is -2.48. The quantitative estimate of drug-likeness (QED) is 0.837. The van der Waals surface area contributed by atoms with Gasteiger partial charge in [-0.1, -0.05) is 5.21 Å². The van der Waals surface area contributed by atoms with Crippen LogP contribution in [0.15, 0.2) is 24.4 Å². The van der Waals surface area contributed by atoms with Crippen molar-refractivity contribution >= 4 is 5.91 Å². The first-order chi connectivity index (χ1) is 13.0. The minimum Gasteiger partial charge on any atom is -0.497 e. The Kier molecular flexibility index (Phi) is 6.05.